The summed E-state index contributed by atoms with van der Waals surface area (Å²) >= 11 is 0. The first kappa shape index (κ1) is 14.5. The zero-order chi connectivity index (χ0) is 13.9. The van der Waals surface area contributed by atoms with Crippen LogP contribution in [0.15, 0.2) is 18.2 Å². The van der Waals surface area contributed by atoms with E-state index in [9.17, 15) is 5.11 Å². The minimum Gasteiger partial charge on any atom is -0.394 e. The lowest BCUT2D eigenvalue weighted by molar-refractivity contribution is 0.0447. The number of nitrogens with one attached hydrogen (secondary N) is 1. The molecule has 2 N–H and O–H groups in total. The van der Waals surface area contributed by atoms with Crippen LogP contribution < -0.4 is 5.32 Å². The number of hydrogen-bond acceptors (Lipinski definition) is 3. The number of rotatable bonds is 3. The average Bonchev–Trinajstić information content (AvgIpc) is 2.70. The van der Waals surface area contributed by atoms with Crippen LogP contribution in [0.4, 0.5) is 0 Å². The zero-order valence-electron chi connectivity index (χ0n) is 12.4. The second-order valence-corrected chi connectivity index (χ2v) is 5.84. The van der Waals surface area contributed by atoms with E-state index >= 15 is 0 Å². The van der Waals surface area contributed by atoms with Gasteiger partial charge < -0.3 is 10.4 Å². The molecule has 0 spiro atoms. The van der Waals surface area contributed by atoms with E-state index in [1.165, 1.54) is 16.7 Å². The van der Waals surface area contributed by atoms with E-state index in [-0.39, 0.29) is 12.1 Å². The maximum Gasteiger partial charge on any atom is 0.0668 e. The largest absolute Gasteiger partial charge is 0.394 e. The third-order valence-corrected chi connectivity index (χ3v) is 4.32. The quantitative estimate of drug-likeness (QED) is 0.872. The Morgan fingerprint density at radius 1 is 1.26 bits per heavy atom. The van der Waals surface area contributed by atoms with Gasteiger partial charge in [-0.2, -0.15) is 0 Å². The summed E-state index contributed by atoms with van der Waals surface area (Å²) in [6, 6.07) is 6.53. The predicted octanol–water partition coefficient (Wildman–Crippen LogP) is 1.81. The molecule has 0 saturated carbocycles. The summed E-state index contributed by atoms with van der Waals surface area (Å²) < 4.78 is 0. The zero-order valence-corrected chi connectivity index (χ0v) is 12.4. The molecule has 0 amide bonds. The molecule has 1 aliphatic rings. The van der Waals surface area contributed by atoms with Crippen molar-refractivity contribution in [1.29, 1.82) is 0 Å². The van der Waals surface area contributed by atoms with Gasteiger partial charge in [-0.05, 0) is 44.9 Å². The van der Waals surface area contributed by atoms with Crippen LogP contribution in [-0.2, 0) is 5.54 Å². The minimum atomic E-state index is -0.276. The second kappa shape index (κ2) is 6.04. The molecule has 3 heteroatoms. The van der Waals surface area contributed by atoms with Gasteiger partial charge in [-0.25, -0.2) is 0 Å². The summed E-state index contributed by atoms with van der Waals surface area (Å²) in [6.07, 6.45) is 1.14. The number of aryl methyl sites for hydroxylation is 2. The minimum absolute atomic E-state index is 0.164. The number of nitrogens with zero attached hydrogens (tertiary/aromatic N) is 1. The van der Waals surface area contributed by atoms with Crippen molar-refractivity contribution in [3.05, 3.63) is 34.9 Å². The molecule has 2 rings (SSSR count). The molecular weight excluding hydrogens is 236 g/mol. The average molecular weight is 262 g/mol. The van der Waals surface area contributed by atoms with Gasteiger partial charge in [-0.15, -0.1) is 0 Å². The lowest BCUT2D eigenvalue weighted by atomic mass is 9.86. The van der Waals surface area contributed by atoms with Crippen LogP contribution >= 0.6 is 0 Å². The molecule has 106 valence electrons. The molecule has 1 aliphatic heterocycles. The summed E-state index contributed by atoms with van der Waals surface area (Å²) in [6.45, 7) is 10.7. The lowest BCUT2D eigenvalue weighted by Gasteiger charge is -2.41. The highest BCUT2D eigenvalue weighted by Crippen LogP contribution is 2.31. The van der Waals surface area contributed by atoms with Crippen LogP contribution in [0.3, 0.4) is 0 Å². The van der Waals surface area contributed by atoms with Crippen molar-refractivity contribution in [3.8, 4) is 0 Å². The molecular formula is C16H26N2O. The van der Waals surface area contributed by atoms with E-state index < -0.39 is 0 Å². The summed E-state index contributed by atoms with van der Waals surface area (Å²) in [7, 11) is 0. The van der Waals surface area contributed by atoms with Crippen LogP contribution in [0.1, 0.15) is 30.0 Å². The SMILES string of the molecule is Cc1ccc(C)c(C(C)(CO)N2CCCNCC2)c1. The Bertz CT molecular complexity index is 425. The van der Waals surface area contributed by atoms with E-state index in [1.54, 1.807) is 0 Å². The monoisotopic (exact) mass is 262 g/mol. The van der Waals surface area contributed by atoms with Crippen molar-refractivity contribution in [2.24, 2.45) is 0 Å². The van der Waals surface area contributed by atoms with Gasteiger partial charge in [0.1, 0.15) is 0 Å². The van der Waals surface area contributed by atoms with Crippen LogP contribution in [0.2, 0.25) is 0 Å². The maximum atomic E-state index is 10.0. The standard InChI is InChI=1S/C16H26N2O/c1-13-5-6-14(2)15(11-13)16(3,12-19)18-9-4-7-17-8-10-18/h5-6,11,17,19H,4,7-10,12H2,1-3H3. The first-order chi connectivity index (χ1) is 9.08. The topological polar surface area (TPSA) is 35.5 Å². The molecule has 1 aromatic carbocycles. The van der Waals surface area contributed by atoms with E-state index in [0.717, 1.165) is 32.6 Å². The molecule has 1 aromatic rings. The molecule has 1 saturated heterocycles. The molecule has 1 fully saturated rings. The molecule has 19 heavy (non-hydrogen) atoms. The highest BCUT2D eigenvalue weighted by atomic mass is 16.3. The summed E-state index contributed by atoms with van der Waals surface area (Å²) in [5.74, 6) is 0. The molecule has 0 aliphatic carbocycles. The van der Waals surface area contributed by atoms with Crippen LogP contribution in [-0.4, -0.2) is 42.8 Å². The third-order valence-electron chi connectivity index (χ3n) is 4.32. The van der Waals surface area contributed by atoms with Crippen molar-refractivity contribution >= 4 is 0 Å². The number of hydrogen-bond donors (Lipinski definition) is 2. The molecule has 3 nitrogen and oxygen atoms in total. The Balaban J connectivity index is 2.37. The van der Waals surface area contributed by atoms with Gasteiger partial charge in [0.15, 0.2) is 0 Å². The van der Waals surface area contributed by atoms with E-state index in [4.69, 9.17) is 0 Å². The summed E-state index contributed by atoms with van der Waals surface area (Å²) in [5.41, 5.74) is 3.51. The first-order valence-electron chi connectivity index (χ1n) is 7.22. The van der Waals surface area contributed by atoms with Gasteiger partial charge in [0.25, 0.3) is 0 Å². The van der Waals surface area contributed by atoms with E-state index in [1.807, 2.05) is 0 Å². The van der Waals surface area contributed by atoms with Gasteiger partial charge >= 0.3 is 0 Å². The fraction of sp³-hybridized carbons (Fsp3) is 0.625. The number of aliphatic hydroxyl groups excluding tert-OH is 1. The molecule has 0 aromatic heterocycles. The fourth-order valence-corrected chi connectivity index (χ4v) is 3.01. The molecule has 0 radical (unpaired) electrons. The van der Waals surface area contributed by atoms with Crippen LogP contribution in [0.5, 0.6) is 0 Å². The van der Waals surface area contributed by atoms with Gasteiger partial charge in [0.05, 0.1) is 12.1 Å². The number of benzene rings is 1. The Hall–Kier alpha value is -0.900. The van der Waals surface area contributed by atoms with Gasteiger partial charge in [0, 0.05) is 19.6 Å². The molecule has 1 heterocycles. The Labute approximate surface area is 116 Å². The van der Waals surface area contributed by atoms with Crippen LogP contribution in [0, 0.1) is 13.8 Å². The highest BCUT2D eigenvalue weighted by Gasteiger charge is 2.34. The maximum absolute atomic E-state index is 10.0. The van der Waals surface area contributed by atoms with Crippen molar-refractivity contribution < 1.29 is 5.11 Å². The molecule has 1 unspecified atom stereocenters. The second-order valence-electron chi connectivity index (χ2n) is 5.84. The van der Waals surface area contributed by atoms with Gasteiger partial charge in [-0.1, -0.05) is 23.8 Å². The normalized spacial score (nSPS) is 20.8. The predicted molar refractivity (Wildman–Crippen MR) is 79.4 cm³/mol. The molecule has 0 bridgehead atoms. The summed E-state index contributed by atoms with van der Waals surface area (Å²) in [5, 5.41) is 13.5. The Kier molecular flexibility index (Phi) is 4.61. The smallest absolute Gasteiger partial charge is 0.0668 e. The number of aliphatic hydroxyl groups is 1. The highest BCUT2D eigenvalue weighted by molar-refractivity contribution is 5.36. The van der Waals surface area contributed by atoms with Gasteiger partial charge in [0.2, 0.25) is 0 Å². The summed E-state index contributed by atoms with van der Waals surface area (Å²) in [4.78, 5) is 2.43. The first-order valence-corrected chi connectivity index (χ1v) is 7.22. The molecule has 1 atom stereocenters. The van der Waals surface area contributed by atoms with E-state index in [0.29, 0.717) is 0 Å². The van der Waals surface area contributed by atoms with Gasteiger partial charge in [-0.3, -0.25) is 4.90 Å². The van der Waals surface area contributed by atoms with Crippen molar-refractivity contribution in [3.63, 3.8) is 0 Å². The van der Waals surface area contributed by atoms with E-state index in [2.05, 4.69) is 49.2 Å². The Morgan fingerprint density at radius 2 is 2.05 bits per heavy atom. The van der Waals surface area contributed by atoms with Crippen molar-refractivity contribution in [2.45, 2.75) is 32.7 Å². The Morgan fingerprint density at radius 3 is 2.79 bits per heavy atom. The van der Waals surface area contributed by atoms with Crippen molar-refractivity contribution in [2.75, 3.05) is 32.8 Å². The fourth-order valence-electron chi connectivity index (χ4n) is 3.01. The van der Waals surface area contributed by atoms with Crippen molar-refractivity contribution in [1.82, 2.24) is 10.2 Å². The lowest BCUT2D eigenvalue weighted by Crippen LogP contribution is -2.48. The van der Waals surface area contributed by atoms with Crippen LogP contribution in [0.25, 0.3) is 0 Å². The third kappa shape index (κ3) is 2.99.